The number of nitrogens with zero attached hydrogens (tertiary/aromatic N) is 4. The molecule has 5 heteroatoms. The van der Waals surface area contributed by atoms with Gasteiger partial charge in [-0.15, -0.1) is 0 Å². The van der Waals surface area contributed by atoms with Crippen LogP contribution in [0.15, 0.2) is 35.5 Å². The molecule has 0 saturated heterocycles. The molecule has 3 aromatic rings. The summed E-state index contributed by atoms with van der Waals surface area (Å²) in [6, 6.07) is 8.51. The summed E-state index contributed by atoms with van der Waals surface area (Å²) in [7, 11) is 3.82. The predicted octanol–water partition coefficient (Wildman–Crippen LogP) is 3.06. The van der Waals surface area contributed by atoms with Crippen LogP contribution in [0.2, 0.25) is 0 Å². The van der Waals surface area contributed by atoms with Crippen molar-refractivity contribution in [3.05, 3.63) is 52.8 Å². The molecule has 4 rings (SSSR count). The number of aliphatic imine (C=N–C) groups is 1. The lowest BCUT2D eigenvalue weighted by molar-refractivity contribution is 0.676. The van der Waals surface area contributed by atoms with Crippen molar-refractivity contribution in [3.63, 3.8) is 0 Å². The van der Waals surface area contributed by atoms with Gasteiger partial charge in [-0.05, 0) is 25.3 Å². The molecular weight excluding hydrogens is 298 g/mol. The number of anilines is 1. The van der Waals surface area contributed by atoms with Gasteiger partial charge in [0.05, 0.1) is 28.7 Å². The van der Waals surface area contributed by atoms with Crippen molar-refractivity contribution in [3.8, 4) is 0 Å². The highest BCUT2D eigenvalue weighted by Gasteiger charge is 2.25. The van der Waals surface area contributed by atoms with Gasteiger partial charge < -0.3 is 5.32 Å². The molecule has 24 heavy (non-hydrogen) atoms. The monoisotopic (exact) mass is 319 g/mol. The lowest BCUT2D eigenvalue weighted by atomic mass is 10.0. The number of fused-ring (bicyclic) bond motifs is 3. The molecule has 5 nitrogen and oxygen atoms in total. The fourth-order valence-electron chi connectivity index (χ4n) is 3.67. The Labute approximate surface area is 141 Å². The lowest BCUT2D eigenvalue weighted by Gasteiger charge is -2.14. The summed E-state index contributed by atoms with van der Waals surface area (Å²) < 4.78 is 1.94. The topological polar surface area (TPSA) is 55.1 Å². The second-order valence-electron chi connectivity index (χ2n) is 5.99. The van der Waals surface area contributed by atoms with Gasteiger partial charge in [0.1, 0.15) is 0 Å². The average Bonchev–Trinajstić information content (AvgIpc) is 2.95. The zero-order valence-corrected chi connectivity index (χ0v) is 14.3. The lowest BCUT2D eigenvalue weighted by Crippen LogP contribution is -2.12. The Morgan fingerprint density at radius 2 is 2.08 bits per heavy atom. The first-order chi connectivity index (χ1) is 11.8. The van der Waals surface area contributed by atoms with Gasteiger partial charge in [-0.3, -0.25) is 4.99 Å². The molecule has 0 atom stereocenters. The number of hydrogen-bond donors (Lipinski definition) is 1. The van der Waals surface area contributed by atoms with E-state index in [4.69, 9.17) is 4.98 Å². The first kappa shape index (κ1) is 14.9. The van der Waals surface area contributed by atoms with Crippen LogP contribution in [0.1, 0.15) is 29.3 Å². The molecule has 2 aromatic heterocycles. The van der Waals surface area contributed by atoms with Gasteiger partial charge in [0.15, 0.2) is 5.65 Å². The maximum Gasteiger partial charge on any atom is 0.160 e. The summed E-state index contributed by atoms with van der Waals surface area (Å²) in [6.07, 6.45) is 3.85. The van der Waals surface area contributed by atoms with Gasteiger partial charge in [-0.1, -0.05) is 24.3 Å². The maximum atomic E-state index is 5.00. The van der Waals surface area contributed by atoms with E-state index in [1.165, 1.54) is 16.7 Å². The fourth-order valence-corrected chi connectivity index (χ4v) is 3.67. The standard InChI is InChI=1S/C19H21N5/c1-4-24-19-15(11-22-24)16(20-2)14-10-9-12-7-5-6-8-13(12)17(21-3)18(14)23-19/h5-8,11H,4,9-10H2,1-3H3,(H,20,23)/b21-17+. The molecule has 122 valence electrons. The van der Waals surface area contributed by atoms with Crippen LogP contribution in [0.5, 0.6) is 0 Å². The second kappa shape index (κ2) is 5.74. The largest absolute Gasteiger partial charge is 0.387 e. The van der Waals surface area contributed by atoms with E-state index in [9.17, 15) is 0 Å². The van der Waals surface area contributed by atoms with Crippen LogP contribution < -0.4 is 5.32 Å². The highest BCUT2D eigenvalue weighted by Crippen LogP contribution is 2.33. The Morgan fingerprint density at radius 1 is 1.25 bits per heavy atom. The molecule has 1 aliphatic carbocycles. The first-order valence-electron chi connectivity index (χ1n) is 8.40. The molecule has 1 N–H and O–H groups in total. The second-order valence-corrected chi connectivity index (χ2v) is 5.99. The predicted molar refractivity (Wildman–Crippen MR) is 98.2 cm³/mol. The van der Waals surface area contributed by atoms with E-state index in [0.717, 1.165) is 47.5 Å². The van der Waals surface area contributed by atoms with E-state index in [1.54, 1.807) is 0 Å². The van der Waals surface area contributed by atoms with Gasteiger partial charge in [0, 0.05) is 31.8 Å². The number of rotatable bonds is 2. The van der Waals surface area contributed by atoms with E-state index >= 15 is 0 Å². The van der Waals surface area contributed by atoms with Crippen LogP contribution in [-0.2, 0) is 19.4 Å². The van der Waals surface area contributed by atoms with Crippen molar-refractivity contribution in [1.82, 2.24) is 14.8 Å². The minimum absolute atomic E-state index is 0.799. The van der Waals surface area contributed by atoms with Crippen molar-refractivity contribution in [2.75, 3.05) is 19.4 Å². The third-order valence-electron chi connectivity index (χ3n) is 4.80. The van der Waals surface area contributed by atoms with E-state index in [1.807, 2.05) is 25.0 Å². The zero-order valence-electron chi connectivity index (χ0n) is 14.3. The molecule has 0 saturated carbocycles. The minimum atomic E-state index is 0.799. The number of aryl methyl sites for hydroxylation is 2. The van der Waals surface area contributed by atoms with Crippen LogP contribution >= 0.6 is 0 Å². The van der Waals surface area contributed by atoms with Crippen molar-refractivity contribution in [2.24, 2.45) is 4.99 Å². The number of aromatic nitrogens is 3. The Bertz CT molecular complexity index is 952. The molecule has 0 spiro atoms. The molecule has 0 fully saturated rings. The molecule has 0 aliphatic heterocycles. The Balaban J connectivity index is 2.07. The van der Waals surface area contributed by atoms with Gasteiger partial charge in [0.25, 0.3) is 0 Å². The zero-order chi connectivity index (χ0) is 16.7. The van der Waals surface area contributed by atoms with E-state index in [2.05, 4.69) is 46.6 Å². The quantitative estimate of drug-likeness (QED) is 0.790. The molecule has 2 heterocycles. The molecule has 0 amide bonds. The van der Waals surface area contributed by atoms with Crippen LogP contribution in [0.4, 0.5) is 5.69 Å². The van der Waals surface area contributed by atoms with Crippen molar-refractivity contribution in [1.29, 1.82) is 0 Å². The highest BCUT2D eigenvalue weighted by molar-refractivity contribution is 6.16. The Hall–Kier alpha value is -2.69. The third kappa shape index (κ3) is 2.04. The van der Waals surface area contributed by atoms with Crippen LogP contribution in [0.25, 0.3) is 11.0 Å². The smallest absolute Gasteiger partial charge is 0.160 e. The number of pyridine rings is 1. The van der Waals surface area contributed by atoms with E-state index < -0.39 is 0 Å². The molecular formula is C19H21N5. The fraction of sp³-hybridized carbons (Fsp3) is 0.316. The van der Waals surface area contributed by atoms with E-state index in [-0.39, 0.29) is 0 Å². The molecule has 1 aliphatic rings. The summed E-state index contributed by atoms with van der Waals surface area (Å²) >= 11 is 0. The summed E-state index contributed by atoms with van der Waals surface area (Å²) in [4.78, 5) is 9.60. The van der Waals surface area contributed by atoms with Crippen molar-refractivity contribution < 1.29 is 0 Å². The molecule has 0 unspecified atom stereocenters. The minimum Gasteiger partial charge on any atom is -0.387 e. The Kier molecular flexibility index (Phi) is 3.56. The normalized spacial score (nSPS) is 15.2. The number of nitrogens with one attached hydrogen (secondary N) is 1. The number of benzene rings is 1. The molecule has 1 aromatic carbocycles. The summed E-state index contributed by atoms with van der Waals surface area (Å²) in [5.41, 5.74) is 7.76. The van der Waals surface area contributed by atoms with Gasteiger partial charge in [-0.25, -0.2) is 9.67 Å². The van der Waals surface area contributed by atoms with Crippen LogP contribution in [0, 0.1) is 0 Å². The van der Waals surface area contributed by atoms with Crippen molar-refractivity contribution >= 4 is 22.4 Å². The maximum absolute atomic E-state index is 5.00. The highest BCUT2D eigenvalue weighted by atomic mass is 15.3. The molecule has 0 radical (unpaired) electrons. The summed E-state index contributed by atoms with van der Waals surface area (Å²) in [5, 5.41) is 8.96. The third-order valence-corrected chi connectivity index (χ3v) is 4.80. The Morgan fingerprint density at radius 3 is 2.83 bits per heavy atom. The molecule has 0 bridgehead atoms. The number of hydrogen-bond acceptors (Lipinski definition) is 4. The SMILES string of the molecule is CCn1ncc2c(NC)c3c(nc21)/C(=N/C)c1ccccc1CC3. The summed E-state index contributed by atoms with van der Waals surface area (Å²) in [6.45, 7) is 2.89. The van der Waals surface area contributed by atoms with Crippen LogP contribution in [-0.4, -0.2) is 34.6 Å². The summed E-state index contributed by atoms with van der Waals surface area (Å²) in [5.74, 6) is 0. The first-order valence-corrected chi connectivity index (χ1v) is 8.40. The average molecular weight is 319 g/mol. The van der Waals surface area contributed by atoms with Crippen LogP contribution in [0.3, 0.4) is 0 Å². The van der Waals surface area contributed by atoms with Gasteiger partial charge in [0.2, 0.25) is 0 Å². The van der Waals surface area contributed by atoms with Gasteiger partial charge in [-0.2, -0.15) is 5.10 Å². The van der Waals surface area contributed by atoms with E-state index in [0.29, 0.717) is 0 Å². The van der Waals surface area contributed by atoms with Crippen molar-refractivity contribution in [2.45, 2.75) is 26.3 Å². The van der Waals surface area contributed by atoms with Gasteiger partial charge >= 0.3 is 0 Å².